The van der Waals surface area contributed by atoms with Crippen molar-refractivity contribution in [3.05, 3.63) is 59.7 Å². The van der Waals surface area contributed by atoms with E-state index in [0.717, 1.165) is 11.1 Å². The Hall–Kier alpha value is -2.20. The molecule has 0 aliphatic carbocycles. The van der Waals surface area contributed by atoms with Crippen molar-refractivity contribution < 1.29 is 14.3 Å². The summed E-state index contributed by atoms with van der Waals surface area (Å²) in [5, 5.41) is 3.36. The van der Waals surface area contributed by atoms with Gasteiger partial charge in [-0.05, 0) is 23.3 Å². The van der Waals surface area contributed by atoms with E-state index in [9.17, 15) is 0 Å². The van der Waals surface area contributed by atoms with E-state index in [4.69, 9.17) is 14.3 Å². The van der Waals surface area contributed by atoms with Crippen molar-refractivity contribution in [3.63, 3.8) is 0 Å². The lowest BCUT2D eigenvalue weighted by Gasteiger charge is -2.12. The Labute approximate surface area is 130 Å². The molecule has 0 bridgehead atoms. The third kappa shape index (κ3) is 5.00. The number of oxime groups is 1. The van der Waals surface area contributed by atoms with Crippen molar-refractivity contribution in [2.75, 3.05) is 7.11 Å². The van der Waals surface area contributed by atoms with E-state index in [0.29, 0.717) is 24.7 Å². The van der Waals surface area contributed by atoms with Gasteiger partial charge in [-0.25, -0.2) is 0 Å². The maximum absolute atomic E-state index is 5.77. The molecular formula is C16H18ClNO3. The van der Waals surface area contributed by atoms with Gasteiger partial charge in [-0.1, -0.05) is 36.4 Å². The van der Waals surface area contributed by atoms with Crippen LogP contribution in [0, 0.1) is 0 Å². The molecule has 4 nitrogen and oxygen atoms in total. The van der Waals surface area contributed by atoms with Crippen LogP contribution in [0.15, 0.2) is 53.7 Å². The van der Waals surface area contributed by atoms with Crippen LogP contribution in [0.5, 0.6) is 11.5 Å². The van der Waals surface area contributed by atoms with Gasteiger partial charge in [0.2, 0.25) is 0 Å². The Kier molecular flexibility index (Phi) is 7.12. The van der Waals surface area contributed by atoms with Crippen LogP contribution < -0.4 is 9.47 Å². The molecule has 5 heteroatoms. The zero-order valence-corrected chi connectivity index (χ0v) is 12.6. The van der Waals surface area contributed by atoms with Crippen LogP contribution in [-0.2, 0) is 18.1 Å². The number of nitrogens with zero attached hydrogens (tertiary/aromatic N) is 1. The molecule has 2 aromatic rings. The Morgan fingerprint density at radius 3 is 2.38 bits per heavy atom. The van der Waals surface area contributed by atoms with Crippen LogP contribution in [0.2, 0.25) is 0 Å². The molecular weight excluding hydrogens is 290 g/mol. The summed E-state index contributed by atoms with van der Waals surface area (Å²) in [5.74, 6) is 1.37. The highest BCUT2D eigenvalue weighted by Gasteiger charge is 2.06. The van der Waals surface area contributed by atoms with Crippen molar-refractivity contribution in [2.45, 2.75) is 13.2 Å². The number of benzene rings is 2. The summed E-state index contributed by atoms with van der Waals surface area (Å²) < 4.78 is 11.1. The predicted molar refractivity (Wildman–Crippen MR) is 85.4 cm³/mol. The molecule has 0 fully saturated rings. The number of methoxy groups -OCH3 is 1. The summed E-state index contributed by atoms with van der Waals surface area (Å²) in [4.78, 5) is 4.91. The molecule has 2 aromatic carbocycles. The quantitative estimate of drug-likeness (QED) is 0.576. The molecule has 0 saturated carbocycles. The minimum atomic E-state index is 0. The molecule has 0 atom stereocenters. The largest absolute Gasteiger partial charge is 0.493 e. The summed E-state index contributed by atoms with van der Waals surface area (Å²) in [6.07, 6.45) is 0. The normalized spacial score (nSPS) is 9.38. The van der Waals surface area contributed by atoms with Gasteiger partial charge >= 0.3 is 0 Å². The molecule has 0 amide bonds. The highest BCUT2D eigenvalue weighted by Crippen LogP contribution is 2.29. The highest BCUT2D eigenvalue weighted by atomic mass is 35.5. The van der Waals surface area contributed by atoms with Crippen LogP contribution in [0.25, 0.3) is 0 Å². The van der Waals surface area contributed by atoms with Gasteiger partial charge in [-0.3, -0.25) is 0 Å². The van der Waals surface area contributed by atoms with Gasteiger partial charge in [0.25, 0.3) is 0 Å². The maximum atomic E-state index is 5.77. The lowest BCUT2D eigenvalue weighted by atomic mass is 10.2. The molecule has 21 heavy (non-hydrogen) atoms. The summed E-state index contributed by atoms with van der Waals surface area (Å²) >= 11 is 0. The lowest BCUT2D eigenvalue weighted by molar-refractivity contribution is 0.133. The molecule has 0 N–H and O–H groups in total. The first-order chi connectivity index (χ1) is 9.83. The van der Waals surface area contributed by atoms with E-state index in [1.807, 2.05) is 48.5 Å². The van der Waals surface area contributed by atoms with Crippen molar-refractivity contribution in [1.29, 1.82) is 0 Å². The smallest absolute Gasteiger partial charge is 0.161 e. The van der Waals surface area contributed by atoms with Crippen LogP contribution in [0.4, 0.5) is 0 Å². The summed E-state index contributed by atoms with van der Waals surface area (Å²) in [5.41, 5.74) is 2.05. The molecule has 0 unspecified atom stereocenters. The minimum Gasteiger partial charge on any atom is -0.493 e. The number of hydrogen-bond acceptors (Lipinski definition) is 4. The van der Waals surface area contributed by atoms with Gasteiger partial charge in [0, 0.05) is 6.72 Å². The van der Waals surface area contributed by atoms with E-state index in [-0.39, 0.29) is 12.4 Å². The predicted octanol–water partition coefficient (Wildman–Crippen LogP) is 3.83. The molecule has 0 aromatic heterocycles. The topological polar surface area (TPSA) is 40.0 Å². The standard InChI is InChI=1S/C16H17NO3.ClH/c1-17-20-12-14-8-9-15(16(10-14)18-2)19-11-13-6-4-3-5-7-13;/h3-10H,1,11-12H2,2H3;1H. The van der Waals surface area contributed by atoms with Crippen molar-refractivity contribution in [3.8, 4) is 11.5 Å². The molecule has 0 radical (unpaired) electrons. The second kappa shape index (κ2) is 8.87. The average molecular weight is 308 g/mol. The Morgan fingerprint density at radius 2 is 1.71 bits per heavy atom. The van der Waals surface area contributed by atoms with Gasteiger partial charge < -0.3 is 14.3 Å². The van der Waals surface area contributed by atoms with Crippen LogP contribution in [0.3, 0.4) is 0 Å². The molecule has 0 aliphatic heterocycles. The Bertz CT molecular complexity index is 561. The van der Waals surface area contributed by atoms with Gasteiger partial charge in [-0.2, -0.15) is 0 Å². The lowest BCUT2D eigenvalue weighted by Crippen LogP contribution is -1.98. The number of ether oxygens (including phenoxy) is 2. The summed E-state index contributed by atoms with van der Waals surface area (Å²) in [6.45, 7) is 4.13. The van der Waals surface area contributed by atoms with Crippen LogP contribution in [-0.4, -0.2) is 13.8 Å². The summed E-state index contributed by atoms with van der Waals surface area (Å²) in [6, 6.07) is 15.6. The third-order valence-corrected chi connectivity index (χ3v) is 2.79. The van der Waals surface area contributed by atoms with Crippen LogP contribution >= 0.6 is 12.4 Å². The minimum absolute atomic E-state index is 0. The highest BCUT2D eigenvalue weighted by molar-refractivity contribution is 5.85. The van der Waals surface area contributed by atoms with Gasteiger partial charge in [0.05, 0.1) is 7.11 Å². The number of halogens is 1. The first-order valence-corrected chi connectivity index (χ1v) is 6.25. The monoisotopic (exact) mass is 307 g/mol. The van der Waals surface area contributed by atoms with Gasteiger partial charge in [-0.15, -0.1) is 17.6 Å². The van der Waals surface area contributed by atoms with Crippen molar-refractivity contribution in [2.24, 2.45) is 5.16 Å². The van der Waals surface area contributed by atoms with E-state index in [2.05, 4.69) is 11.9 Å². The zero-order valence-electron chi connectivity index (χ0n) is 11.8. The van der Waals surface area contributed by atoms with Crippen LogP contribution in [0.1, 0.15) is 11.1 Å². The molecule has 2 rings (SSSR count). The maximum Gasteiger partial charge on any atom is 0.161 e. The third-order valence-electron chi connectivity index (χ3n) is 2.79. The van der Waals surface area contributed by atoms with E-state index >= 15 is 0 Å². The second-order valence-electron chi connectivity index (χ2n) is 4.16. The fourth-order valence-electron chi connectivity index (χ4n) is 1.78. The average Bonchev–Trinajstić information content (AvgIpc) is 2.52. The SMILES string of the molecule is C=NOCc1ccc(OCc2ccccc2)c(OC)c1.Cl. The number of hydrogen-bond donors (Lipinski definition) is 0. The molecule has 112 valence electrons. The van der Waals surface area contributed by atoms with Gasteiger partial charge in [0.15, 0.2) is 11.5 Å². The first-order valence-electron chi connectivity index (χ1n) is 6.25. The fraction of sp³-hybridized carbons (Fsp3) is 0.188. The van der Waals surface area contributed by atoms with Crippen molar-refractivity contribution >= 4 is 19.1 Å². The Morgan fingerprint density at radius 1 is 0.952 bits per heavy atom. The molecule has 0 saturated heterocycles. The van der Waals surface area contributed by atoms with E-state index < -0.39 is 0 Å². The number of rotatable bonds is 7. The van der Waals surface area contributed by atoms with Gasteiger partial charge in [0.1, 0.15) is 13.2 Å². The second-order valence-corrected chi connectivity index (χ2v) is 4.16. The fourth-order valence-corrected chi connectivity index (χ4v) is 1.78. The van der Waals surface area contributed by atoms with E-state index in [1.165, 1.54) is 0 Å². The Balaban J connectivity index is 0.00000220. The molecule has 0 aliphatic rings. The van der Waals surface area contributed by atoms with E-state index in [1.54, 1.807) is 7.11 Å². The molecule has 0 spiro atoms. The zero-order chi connectivity index (χ0) is 14.2. The first kappa shape index (κ1) is 16.9. The molecule has 0 heterocycles. The van der Waals surface area contributed by atoms with Crippen molar-refractivity contribution in [1.82, 2.24) is 0 Å². The summed E-state index contributed by atoms with van der Waals surface area (Å²) in [7, 11) is 1.61.